The molecule has 4 nitrogen and oxygen atoms in total. The number of alkyl halides is 1. The third-order valence-electron chi connectivity index (χ3n) is 3.83. The van der Waals surface area contributed by atoms with E-state index in [1.165, 1.54) is 11.8 Å². The molecule has 1 atom stereocenters. The lowest BCUT2D eigenvalue weighted by Gasteiger charge is -2.25. The maximum atomic E-state index is 11.6. The summed E-state index contributed by atoms with van der Waals surface area (Å²) in [6, 6.07) is 14.9. The molecule has 2 amide bonds. The second kappa shape index (κ2) is 11.1. The van der Waals surface area contributed by atoms with Crippen molar-refractivity contribution < 1.29 is 9.59 Å². The van der Waals surface area contributed by atoms with Crippen molar-refractivity contribution >= 4 is 34.8 Å². The lowest BCUT2D eigenvalue weighted by atomic mass is 10.1. The number of aryl methyl sites for hydroxylation is 2. The predicted octanol–water partition coefficient (Wildman–Crippen LogP) is 4.54. The number of amides is 2. The number of anilines is 2. The van der Waals surface area contributed by atoms with Crippen molar-refractivity contribution in [1.29, 1.82) is 0 Å². The van der Waals surface area contributed by atoms with Gasteiger partial charge in [-0.05, 0) is 44.0 Å². The molecule has 5 heteroatoms. The van der Waals surface area contributed by atoms with Gasteiger partial charge in [0, 0.05) is 18.3 Å². The highest BCUT2D eigenvalue weighted by atomic mass is 35.5. The molecule has 0 spiro atoms. The zero-order valence-electron chi connectivity index (χ0n) is 16.1. The summed E-state index contributed by atoms with van der Waals surface area (Å²) in [4.78, 5) is 23.9. The first kappa shape index (κ1) is 22.3. The molecule has 27 heavy (non-hydrogen) atoms. The van der Waals surface area contributed by atoms with Crippen LogP contribution in [0.1, 0.15) is 25.0 Å². The molecule has 0 heterocycles. The molecule has 0 aliphatic heterocycles. The van der Waals surface area contributed by atoms with Gasteiger partial charge in [0.05, 0.1) is 6.04 Å². The van der Waals surface area contributed by atoms with Crippen LogP contribution >= 0.6 is 11.6 Å². The fourth-order valence-electron chi connectivity index (χ4n) is 2.50. The largest absolute Gasteiger partial charge is 0.326 e. The number of para-hydroxylation sites is 2. The summed E-state index contributed by atoms with van der Waals surface area (Å²) in [6.07, 6.45) is 5.32. The van der Waals surface area contributed by atoms with Crippen LogP contribution in [-0.4, -0.2) is 23.7 Å². The topological polar surface area (TPSA) is 49.4 Å². The van der Waals surface area contributed by atoms with Gasteiger partial charge in [-0.2, -0.15) is 0 Å². The minimum atomic E-state index is -0.293. The van der Waals surface area contributed by atoms with E-state index in [0.717, 1.165) is 22.5 Å². The van der Waals surface area contributed by atoms with Crippen LogP contribution in [0.4, 0.5) is 11.4 Å². The monoisotopic (exact) mass is 384 g/mol. The highest BCUT2D eigenvalue weighted by molar-refractivity contribution is 6.29. The van der Waals surface area contributed by atoms with E-state index < -0.39 is 0 Å². The number of rotatable bonds is 4. The molecular weight excluding hydrogens is 360 g/mol. The first-order valence-corrected chi connectivity index (χ1v) is 9.08. The van der Waals surface area contributed by atoms with Crippen molar-refractivity contribution in [3.8, 4) is 12.3 Å². The average Bonchev–Trinajstić information content (AvgIpc) is 2.66. The van der Waals surface area contributed by atoms with Crippen molar-refractivity contribution in [3.63, 3.8) is 0 Å². The number of terminal acetylenes is 1. The molecule has 0 fully saturated rings. The molecule has 2 aromatic carbocycles. The molecule has 0 saturated heterocycles. The number of benzene rings is 2. The molecular formula is C22H25ClN2O2. The standard InChI is InChI=1S/C12H12ClNO.C10H13NO/c1-3-10(2)14(12(15)9-13)11-7-5-4-6-8-11;1-7-5-4-6-8(2)10(7)11-9(3)12/h1,4-8,10H,9H2,2H3;4-6H,1-3H3,(H,11,12). The summed E-state index contributed by atoms with van der Waals surface area (Å²) in [5.74, 6) is 2.25. The molecule has 0 radical (unpaired) electrons. The first-order chi connectivity index (χ1) is 12.8. The summed E-state index contributed by atoms with van der Waals surface area (Å²) in [5.41, 5.74) is 3.91. The van der Waals surface area contributed by atoms with Gasteiger partial charge in [0.25, 0.3) is 0 Å². The van der Waals surface area contributed by atoms with Crippen LogP contribution in [0, 0.1) is 26.2 Å². The zero-order chi connectivity index (χ0) is 20.4. The van der Waals surface area contributed by atoms with Gasteiger partial charge < -0.3 is 5.32 Å². The summed E-state index contributed by atoms with van der Waals surface area (Å²) >= 11 is 5.54. The number of carbonyl (C=O) groups is 2. The highest BCUT2D eigenvalue weighted by Gasteiger charge is 2.18. The lowest BCUT2D eigenvalue weighted by Crippen LogP contribution is -2.38. The first-order valence-electron chi connectivity index (χ1n) is 8.54. The summed E-state index contributed by atoms with van der Waals surface area (Å²) < 4.78 is 0. The fourth-order valence-corrected chi connectivity index (χ4v) is 2.63. The number of nitrogens with one attached hydrogen (secondary N) is 1. The maximum Gasteiger partial charge on any atom is 0.242 e. The molecule has 0 bridgehead atoms. The normalized spacial score (nSPS) is 10.7. The van der Waals surface area contributed by atoms with Crippen molar-refractivity contribution in [2.24, 2.45) is 0 Å². The Morgan fingerprint density at radius 2 is 1.67 bits per heavy atom. The van der Waals surface area contributed by atoms with Gasteiger partial charge in [-0.3, -0.25) is 14.5 Å². The average molecular weight is 385 g/mol. The van der Waals surface area contributed by atoms with Gasteiger partial charge in [0.15, 0.2) is 0 Å². The van der Waals surface area contributed by atoms with E-state index in [-0.39, 0.29) is 23.7 Å². The van der Waals surface area contributed by atoms with Crippen LogP contribution < -0.4 is 10.2 Å². The van der Waals surface area contributed by atoms with Gasteiger partial charge in [-0.1, -0.05) is 42.3 Å². The second-order valence-corrected chi connectivity index (χ2v) is 6.29. The molecule has 0 aromatic heterocycles. The number of hydrogen-bond donors (Lipinski definition) is 1. The Morgan fingerprint density at radius 3 is 2.11 bits per heavy atom. The number of hydrogen-bond acceptors (Lipinski definition) is 2. The molecule has 1 N–H and O–H groups in total. The molecule has 2 rings (SSSR count). The van der Waals surface area contributed by atoms with Crippen LogP contribution in [0.5, 0.6) is 0 Å². The number of halogens is 1. The number of nitrogens with zero attached hydrogens (tertiary/aromatic N) is 1. The van der Waals surface area contributed by atoms with Crippen LogP contribution in [0.25, 0.3) is 0 Å². The van der Waals surface area contributed by atoms with Crippen molar-refractivity contribution in [3.05, 3.63) is 59.7 Å². The quantitative estimate of drug-likeness (QED) is 0.621. The van der Waals surface area contributed by atoms with Gasteiger partial charge in [0.1, 0.15) is 5.88 Å². The van der Waals surface area contributed by atoms with Crippen molar-refractivity contribution in [2.75, 3.05) is 16.1 Å². The number of carbonyl (C=O) groups excluding carboxylic acids is 2. The van der Waals surface area contributed by atoms with E-state index in [9.17, 15) is 9.59 Å². The Hall–Kier alpha value is -2.77. The third kappa shape index (κ3) is 6.80. The van der Waals surface area contributed by atoms with E-state index in [2.05, 4.69) is 11.2 Å². The summed E-state index contributed by atoms with van der Waals surface area (Å²) in [5, 5.41) is 2.80. The van der Waals surface area contributed by atoms with Crippen molar-refractivity contribution in [2.45, 2.75) is 33.7 Å². The Bertz CT molecular complexity index is 793. The highest BCUT2D eigenvalue weighted by Crippen LogP contribution is 2.19. The smallest absolute Gasteiger partial charge is 0.242 e. The van der Waals surface area contributed by atoms with Crippen molar-refractivity contribution in [1.82, 2.24) is 0 Å². The van der Waals surface area contributed by atoms with Gasteiger partial charge in [-0.15, -0.1) is 18.0 Å². The minimum absolute atomic E-state index is 0.0209. The van der Waals surface area contributed by atoms with Gasteiger partial charge >= 0.3 is 0 Å². The Kier molecular flexibility index (Phi) is 9.12. The Labute approximate surface area is 166 Å². The molecule has 2 aromatic rings. The van der Waals surface area contributed by atoms with E-state index in [4.69, 9.17) is 18.0 Å². The van der Waals surface area contributed by atoms with Crippen LogP contribution in [0.3, 0.4) is 0 Å². The molecule has 0 aliphatic rings. The lowest BCUT2D eigenvalue weighted by molar-refractivity contribution is -0.116. The Balaban J connectivity index is 0.000000277. The SMILES string of the molecule is C#CC(C)N(C(=O)CCl)c1ccccc1.CC(=O)Nc1c(C)cccc1C. The molecule has 1 unspecified atom stereocenters. The minimum Gasteiger partial charge on any atom is -0.326 e. The van der Waals surface area contributed by atoms with E-state index in [1.54, 1.807) is 6.92 Å². The Morgan fingerprint density at radius 1 is 1.11 bits per heavy atom. The summed E-state index contributed by atoms with van der Waals surface area (Å²) in [6.45, 7) is 7.28. The fraction of sp³-hybridized carbons (Fsp3) is 0.273. The molecule has 0 aliphatic carbocycles. The second-order valence-electron chi connectivity index (χ2n) is 6.02. The van der Waals surface area contributed by atoms with E-state index >= 15 is 0 Å². The third-order valence-corrected chi connectivity index (χ3v) is 4.06. The maximum absolute atomic E-state index is 11.6. The van der Waals surface area contributed by atoms with Crippen LogP contribution in [0.15, 0.2) is 48.5 Å². The van der Waals surface area contributed by atoms with E-state index in [1.807, 2.05) is 62.4 Å². The molecule has 142 valence electrons. The summed E-state index contributed by atoms with van der Waals surface area (Å²) in [7, 11) is 0. The van der Waals surface area contributed by atoms with Gasteiger partial charge in [-0.25, -0.2) is 0 Å². The predicted molar refractivity (Wildman–Crippen MR) is 113 cm³/mol. The van der Waals surface area contributed by atoms with E-state index in [0.29, 0.717) is 0 Å². The van der Waals surface area contributed by atoms with Gasteiger partial charge in [0.2, 0.25) is 11.8 Å². The van der Waals surface area contributed by atoms with Crippen LogP contribution in [0.2, 0.25) is 0 Å². The zero-order valence-corrected chi connectivity index (χ0v) is 16.9. The van der Waals surface area contributed by atoms with Crippen LogP contribution in [-0.2, 0) is 9.59 Å². The molecule has 0 saturated carbocycles.